The molecule has 2 atom stereocenters. The summed E-state index contributed by atoms with van der Waals surface area (Å²) in [5.74, 6) is -0.188. The zero-order valence-electron chi connectivity index (χ0n) is 9.98. The first-order valence-corrected chi connectivity index (χ1v) is 6.64. The van der Waals surface area contributed by atoms with Gasteiger partial charge in [-0.3, -0.25) is 0 Å². The van der Waals surface area contributed by atoms with E-state index in [0.29, 0.717) is 6.04 Å². The molecule has 0 saturated carbocycles. The van der Waals surface area contributed by atoms with Gasteiger partial charge in [-0.15, -0.1) is 0 Å². The van der Waals surface area contributed by atoms with Crippen molar-refractivity contribution in [1.29, 1.82) is 0 Å². The second kappa shape index (κ2) is 5.43. The number of hydrogen-bond donors (Lipinski definition) is 1. The Morgan fingerprint density at radius 3 is 2.24 bits per heavy atom. The lowest BCUT2D eigenvalue weighted by Gasteiger charge is -2.19. The largest absolute Gasteiger partial charge is 0.304 e. The number of rotatable bonds is 4. The number of nitrogens with one attached hydrogen (secondary N) is 1. The van der Waals surface area contributed by atoms with Crippen LogP contribution in [0.2, 0.25) is 0 Å². The third-order valence-electron chi connectivity index (χ3n) is 2.91. The third kappa shape index (κ3) is 3.14. The first-order chi connectivity index (χ1) is 8.16. The summed E-state index contributed by atoms with van der Waals surface area (Å²) in [5, 5.41) is 7.73. The number of halogens is 1. The van der Waals surface area contributed by atoms with Crippen LogP contribution in [0.1, 0.15) is 37.1 Å². The van der Waals surface area contributed by atoms with E-state index in [0.717, 1.165) is 5.56 Å². The highest BCUT2D eigenvalue weighted by Crippen LogP contribution is 2.21. The lowest BCUT2D eigenvalue weighted by Crippen LogP contribution is -2.22. The normalized spacial score (nSPS) is 14.5. The lowest BCUT2D eigenvalue weighted by molar-refractivity contribution is 0.495. The highest BCUT2D eigenvalue weighted by atomic mass is 32.1. The second-order valence-corrected chi connectivity index (χ2v) is 5.00. The number of thiophene rings is 1. The minimum atomic E-state index is -0.188. The molecule has 1 heterocycles. The molecule has 0 aliphatic heterocycles. The molecule has 0 spiro atoms. The lowest BCUT2D eigenvalue weighted by atomic mass is 10.1. The Morgan fingerprint density at radius 2 is 1.65 bits per heavy atom. The van der Waals surface area contributed by atoms with Gasteiger partial charge in [0.05, 0.1) is 0 Å². The fourth-order valence-corrected chi connectivity index (χ4v) is 2.59. The Morgan fingerprint density at radius 1 is 1.00 bits per heavy atom. The molecule has 1 aromatic heterocycles. The van der Waals surface area contributed by atoms with Crippen molar-refractivity contribution >= 4 is 11.3 Å². The van der Waals surface area contributed by atoms with Gasteiger partial charge in [-0.2, -0.15) is 11.3 Å². The quantitative estimate of drug-likeness (QED) is 0.852. The Labute approximate surface area is 105 Å². The molecule has 1 N–H and O–H groups in total. The Bertz CT molecular complexity index is 450. The Balaban J connectivity index is 2.01. The Kier molecular flexibility index (Phi) is 3.92. The average Bonchev–Trinajstić information content (AvgIpc) is 2.83. The standard InChI is InChI=1S/C14H16FNS/c1-10(12-3-5-14(15)6-4-12)16-11(2)13-7-8-17-9-13/h3-11,16H,1-2H3/t10-,11?/m0/s1. The molecule has 1 nitrogen and oxygen atoms in total. The zero-order chi connectivity index (χ0) is 12.3. The van der Waals surface area contributed by atoms with Gasteiger partial charge in [0.15, 0.2) is 0 Å². The first-order valence-electron chi connectivity index (χ1n) is 5.70. The van der Waals surface area contributed by atoms with Crippen LogP contribution in [0.5, 0.6) is 0 Å². The molecule has 2 aromatic rings. The number of benzene rings is 1. The van der Waals surface area contributed by atoms with E-state index >= 15 is 0 Å². The molecule has 17 heavy (non-hydrogen) atoms. The smallest absolute Gasteiger partial charge is 0.123 e. The van der Waals surface area contributed by atoms with E-state index in [-0.39, 0.29) is 11.9 Å². The van der Waals surface area contributed by atoms with E-state index in [1.807, 2.05) is 12.1 Å². The van der Waals surface area contributed by atoms with Crippen LogP contribution in [-0.2, 0) is 0 Å². The van der Waals surface area contributed by atoms with Gasteiger partial charge in [0.1, 0.15) is 5.82 Å². The van der Waals surface area contributed by atoms with E-state index in [1.54, 1.807) is 11.3 Å². The summed E-state index contributed by atoms with van der Waals surface area (Å²) in [6.07, 6.45) is 0. The minimum absolute atomic E-state index is 0.188. The highest BCUT2D eigenvalue weighted by molar-refractivity contribution is 7.07. The van der Waals surface area contributed by atoms with Crippen molar-refractivity contribution in [3.05, 3.63) is 58.0 Å². The summed E-state index contributed by atoms with van der Waals surface area (Å²) in [6.45, 7) is 4.23. The fraction of sp³-hybridized carbons (Fsp3) is 0.286. The first kappa shape index (κ1) is 12.3. The van der Waals surface area contributed by atoms with Crippen molar-refractivity contribution in [3.8, 4) is 0 Å². The minimum Gasteiger partial charge on any atom is -0.304 e. The molecule has 0 saturated heterocycles. The maximum absolute atomic E-state index is 12.8. The van der Waals surface area contributed by atoms with Gasteiger partial charge >= 0.3 is 0 Å². The van der Waals surface area contributed by atoms with Gasteiger partial charge < -0.3 is 5.32 Å². The van der Waals surface area contributed by atoms with Crippen molar-refractivity contribution in [2.75, 3.05) is 0 Å². The summed E-state index contributed by atoms with van der Waals surface area (Å²) < 4.78 is 12.8. The molecule has 2 rings (SSSR count). The van der Waals surface area contributed by atoms with Crippen molar-refractivity contribution < 1.29 is 4.39 Å². The molecule has 1 aromatic carbocycles. The number of hydrogen-bond acceptors (Lipinski definition) is 2. The molecule has 0 bridgehead atoms. The Hall–Kier alpha value is -1.19. The molecule has 0 radical (unpaired) electrons. The van der Waals surface area contributed by atoms with Gasteiger partial charge in [0.25, 0.3) is 0 Å². The van der Waals surface area contributed by atoms with Crippen LogP contribution in [0.25, 0.3) is 0 Å². The van der Waals surface area contributed by atoms with Crippen molar-refractivity contribution in [2.24, 2.45) is 0 Å². The van der Waals surface area contributed by atoms with Crippen LogP contribution in [0, 0.1) is 5.82 Å². The van der Waals surface area contributed by atoms with Gasteiger partial charge in [-0.25, -0.2) is 4.39 Å². The predicted molar refractivity (Wildman–Crippen MR) is 70.7 cm³/mol. The van der Waals surface area contributed by atoms with E-state index in [1.165, 1.54) is 17.7 Å². The maximum Gasteiger partial charge on any atom is 0.123 e. The van der Waals surface area contributed by atoms with Crippen LogP contribution in [0.15, 0.2) is 41.1 Å². The molecular formula is C14H16FNS. The summed E-state index contributed by atoms with van der Waals surface area (Å²) in [7, 11) is 0. The van der Waals surface area contributed by atoms with Gasteiger partial charge in [0.2, 0.25) is 0 Å². The van der Waals surface area contributed by atoms with Gasteiger partial charge in [0, 0.05) is 12.1 Å². The van der Waals surface area contributed by atoms with Crippen LogP contribution < -0.4 is 5.32 Å². The van der Waals surface area contributed by atoms with E-state index in [9.17, 15) is 4.39 Å². The van der Waals surface area contributed by atoms with Crippen molar-refractivity contribution in [2.45, 2.75) is 25.9 Å². The average molecular weight is 249 g/mol. The van der Waals surface area contributed by atoms with Crippen LogP contribution in [0.3, 0.4) is 0 Å². The SMILES string of the molecule is CC(N[C@@H](C)c1ccc(F)cc1)c1ccsc1. The van der Waals surface area contributed by atoms with Gasteiger partial charge in [-0.1, -0.05) is 12.1 Å². The van der Waals surface area contributed by atoms with Crippen molar-refractivity contribution in [3.63, 3.8) is 0 Å². The highest BCUT2D eigenvalue weighted by Gasteiger charge is 2.11. The molecule has 0 aliphatic carbocycles. The van der Waals surface area contributed by atoms with E-state index < -0.39 is 0 Å². The summed E-state index contributed by atoms with van der Waals surface area (Å²) >= 11 is 1.70. The fourth-order valence-electron chi connectivity index (χ4n) is 1.84. The molecule has 0 aliphatic rings. The van der Waals surface area contributed by atoms with E-state index in [2.05, 4.69) is 36.0 Å². The predicted octanol–water partition coefficient (Wildman–Crippen LogP) is 4.30. The second-order valence-electron chi connectivity index (χ2n) is 4.22. The summed E-state index contributed by atoms with van der Waals surface area (Å²) in [5.41, 5.74) is 2.40. The van der Waals surface area contributed by atoms with E-state index in [4.69, 9.17) is 0 Å². The zero-order valence-corrected chi connectivity index (χ0v) is 10.8. The molecule has 1 unspecified atom stereocenters. The molecule has 0 amide bonds. The third-order valence-corrected chi connectivity index (χ3v) is 3.61. The molecule has 0 fully saturated rings. The maximum atomic E-state index is 12.8. The van der Waals surface area contributed by atoms with Crippen LogP contribution in [0.4, 0.5) is 4.39 Å². The molecule has 3 heteroatoms. The van der Waals surface area contributed by atoms with Crippen LogP contribution in [-0.4, -0.2) is 0 Å². The molecular weight excluding hydrogens is 233 g/mol. The van der Waals surface area contributed by atoms with Crippen molar-refractivity contribution in [1.82, 2.24) is 5.32 Å². The summed E-state index contributed by atoms with van der Waals surface area (Å²) in [6, 6.07) is 9.30. The molecule has 90 valence electrons. The van der Waals surface area contributed by atoms with Gasteiger partial charge in [-0.05, 0) is 53.9 Å². The topological polar surface area (TPSA) is 12.0 Å². The van der Waals surface area contributed by atoms with Crippen LogP contribution >= 0.6 is 11.3 Å². The summed E-state index contributed by atoms with van der Waals surface area (Å²) in [4.78, 5) is 0. The monoisotopic (exact) mass is 249 g/mol.